The summed E-state index contributed by atoms with van der Waals surface area (Å²) in [5.74, 6) is 0. The Hall–Kier alpha value is -0.990. The van der Waals surface area contributed by atoms with Crippen LogP contribution in [0.1, 0.15) is 29.7 Å². The summed E-state index contributed by atoms with van der Waals surface area (Å²) < 4.78 is 0.910. The van der Waals surface area contributed by atoms with E-state index in [1.54, 1.807) is 0 Å². The van der Waals surface area contributed by atoms with Gasteiger partial charge in [0.15, 0.2) is 0 Å². The van der Waals surface area contributed by atoms with Crippen LogP contribution in [0.25, 0.3) is 0 Å². The molecule has 19 heavy (non-hydrogen) atoms. The average Bonchev–Trinajstić information content (AvgIpc) is 2.36. The minimum atomic E-state index is 0.257. The Labute approximate surface area is 128 Å². The summed E-state index contributed by atoms with van der Waals surface area (Å²) in [7, 11) is 0. The first kappa shape index (κ1) is 14.4. The van der Waals surface area contributed by atoms with Gasteiger partial charge in [-0.2, -0.15) is 0 Å². The molecule has 0 spiro atoms. The fraction of sp³-hybridized carbons (Fsp3) is 0.250. The number of anilines is 1. The predicted octanol–water partition coefficient (Wildman–Crippen LogP) is 5.89. The molecule has 0 aliphatic rings. The molecule has 100 valence electrons. The van der Waals surface area contributed by atoms with Gasteiger partial charge in [-0.15, -0.1) is 0 Å². The van der Waals surface area contributed by atoms with Crippen LogP contribution in [0, 0.1) is 13.8 Å². The van der Waals surface area contributed by atoms with E-state index in [1.807, 2.05) is 18.2 Å². The molecule has 2 aromatic rings. The summed E-state index contributed by atoms with van der Waals surface area (Å²) in [5.41, 5.74) is 4.97. The van der Waals surface area contributed by atoms with Gasteiger partial charge in [0.1, 0.15) is 0 Å². The van der Waals surface area contributed by atoms with Crippen LogP contribution in [0.15, 0.2) is 40.9 Å². The van der Waals surface area contributed by atoms with Gasteiger partial charge in [-0.1, -0.05) is 35.4 Å². The topological polar surface area (TPSA) is 12.0 Å². The van der Waals surface area contributed by atoms with E-state index in [9.17, 15) is 0 Å². The van der Waals surface area contributed by atoms with E-state index in [-0.39, 0.29) is 6.04 Å². The quantitative estimate of drug-likeness (QED) is 0.735. The van der Waals surface area contributed by atoms with Crippen LogP contribution < -0.4 is 5.32 Å². The Morgan fingerprint density at radius 2 is 1.84 bits per heavy atom. The summed E-state index contributed by atoms with van der Waals surface area (Å²) in [4.78, 5) is 0. The molecule has 1 N–H and O–H groups in total. The van der Waals surface area contributed by atoms with E-state index in [0.29, 0.717) is 0 Å². The smallest absolute Gasteiger partial charge is 0.0549 e. The van der Waals surface area contributed by atoms with Crippen LogP contribution in [0.5, 0.6) is 0 Å². The highest BCUT2D eigenvalue weighted by molar-refractivity contribution is 9.10. The molecular formula is C16H17BrClN. The summed E-state index contributed by atoms with van der Waals surface area (Å²) >= 11 is 9.45. The van der Waals surface area contributed by atoms with Crippen LogP contribution >= 0.6 is 27.5 Å². The molecule has 1 unspecified atom stereocenters. The molecule has 0 aliphatic heterocycles. The molecule has 0 saturated heterocycles. The molecule has 0 fully saturated rings. The lowest BCUT2D eigenvalue weighted by Gasteiger charge is -2.19. The van der Waals surface area contributed by atoms with Gasteiger partial charge >= 0.3 is 0 Å². The number of hydrogen-bond acceptors (Lipinski definition) is 1. The van der Waals surface area contributed by atoms with Crippen LogP contribution in [0.2, 0.25) is 5.02 Å². The summed E-state index contributed by atoms with van der Waals surface area (Å²) in [6.07, 6.45) is 0. The van der Waals surface area contributed by atoms with Gasteiger partial charge in [-0.25, -0.2) is 0 Å². The highest BCUT2D eigenvalue weighted by atomic mass is 79.9. The second-order valence-electron chi connectivity index (χ2n) is 4.85. The number of hydrogen-bond donors (Lipinski definition) is 1. The van der Waals surface area contributed by atoms with Crippen molar-refractivity contribution in [1.82, 2.24) is 0 Å². The lowest BCUT2D eigenvalue weighted by atomic mass is 10.00. The van der Waals surface area contributed by atoms with Gasteiger partial charge in [0, 0.05) is 16.2 Å². The maximum atomic E-state index is 6.01. The maximum Gasteiger partial charge on any atom is 0.0549 e. The third-order valence-corrected chi connectivity index (χ3v) is 4.42. The molecule has 3 heteroatoms. The van der Waals surface area contributed by atoms with Crippen LogP contribution in [0.4, 0.5) is 5.69 Å². The summed E-state index contributed by atoms with van der Waals surface area (Å²) in [6.45, 7) is 6.43. The van der Waals surface area contributed by atoms with Crippen molar-refractivity contribution in [1.29, 1.82) is 0 Å². The van der Waals surface area contributed by atoms with Crippen molar-refractivity contribution in [2.75, 3.05) is 5.32 Å². The highest BCUT2D eigenvalue weighted by Gasteiger charge is 2.09. The third kappa shape index (κ3) is 3.52. The van der Waals surface area contributed by atoms with E-state index in [4.69, 9.17) is 11.6 Å². The summed E-state index contributed by atoms with van der Waals surface area (Å²) in [5, 5.41) is 4.23. The minimum Gasteiger partial charge on any atom is -0.378 e. The van der Waals surface area contributed by atoms with Crippen molar-refractivity contribution < 1.29 is 0 Å². The number of rotatable bonds is 3. The maximum absolute atomic E-state index is 6.01. The fourth-order valence-corrected chi connectivity index (χ4v) is 2.64. The molecule has 0 amide bonds. The first-order valence-corrected chi connectivity index (χ1v) is 7.43. The zero-order chi connectivity index (χ0) is 14.0. The number of halogens is 2. The van der Waals surface area contributed by atoms with Crippen LogP contribution in [0.3, 0.4) is 0 Å². The van der Waals surface area contributed by atoms with Crippen molar-refractivity contribution >= 4 is 33.2 Å². The minimum absolute atomic E-state index is 0.257. The van der Waals surface area contributed by atoms with Gasteiger partial charge < -0.3 is 5.32 Å². The highest BCUT2D eigenvalue weighted by Crippen LogP contribution is 2.28. The first-order valence-electron chi connectivity index (χ1n) is 6.26. The molecule has 2 aromatic carbocycles. The Balaban J connectivity index is 2.22. The van der Waals surface area contributed by atoms with Crippen LogP contribution in [-0.2, 0) is 0 Å². The third-order valence-electron chi connectivity index (χ3n) is 3.20. The molecule has 1 atom stereocenters. The lowest BCUT2D eigenvalue weighted by molar-refractivity contribution is 0.872. The van der Waals surface area contributed by atoms with Crippen molar-refractivity contribution in [3.05, 3.63) is 62.6 Å². The molecule has 0 radical (unpaired) electrons. The van der Waals surface area contributed by atoms with E-state index in [0.717, 1.165) is 15.2 Å². The molecule has 0 aromatic heterocycles. The van der Waals surface area contributed by atoms with Gasteiger partial charge in [0.25, 0.3) is 0 Å². The molecular weight excluding hydrogens is 322 g/mol. The second kappa shape index (κ2) is 5.98. The van der Waals surface area contributed by atoms with E-state index in [1.165, 1.54) is 16.7 Å². The lowest BCUT2D eigenvalue weighted by Crippen LogP contribution is -2.08. The first-order chi connectivity index (χ1) is 8.97. The Morgan fingerprint density at radius 3 is 2.53 bits per heavy atom. The fourth-order valence-electron chi connectivity index (χ4n) is 2.14. The molecule has 0 aliphatic carbocycles. The Morgan fingerprint density at radius 1 is 1.11 bits per heavy atom. The predicted molar refractivity (Wildman–Crippen MR) is 87.1 cm³/mol. The average molecular weight is 339 g/mol. The van der Waals surface area contributed by atoms with Gasteiger partial charge in [-0.05, 0) is 66.0 Å². The molecule has 0 saturated carbocycles. The van der Waals surface area contributed by atoms with E-state index in [2.05, 4.69) is 60.2 Å². The van der Waals surface area contributed by atoms with Gasteiger partial charge in [0.2, 0.25) is 0 Å². The van der Waals surface area contributed by atoms with Crippen LogP contribution in [-0.4, -0.2) is 0 Å². The van der Waals surface area contributed by atoms with Crippen molar-refractivity contribution in [2.45, 2.75) is 26.8 Å². The molecule has 2 rings (SSSR count). The molecule has 1 nitrogen and oxygen atoms in total. The SMILES string of the molecule is Cc1ccc(C)c(C(C)Nc2ccc(Cl)c(Br)c2)c1. The van der Waals surface area contributed by atoms with Crippen molar-refractivity contribution in [3.8, 4) is 0 Å². The Bertz CT molecular complexity index is 595. The second-order valence-corrected chi connectivity index (χ2v) is 6.12. The van der Waals surface area contributed by atoms with E-state index >= 15 is 0 Å². The largest absolute Gasteiger partial charge is 0.378 e. The van der Waals surface area contributed by atoms with E-state index < -0.39 is 0 Å². The Kier molecular flexibility index (Phi) is 4.54. The van der Waals surface area contributed by atoms with Crippen molar-refractivity contribution in [2.24, 2.45) is 0 Å². The van der Waals surface area contributed by atoms with Gasteiger partial charge in [-0.3, -0.25) is 0 Å². The van der Waals surface area contributed by atoms with Crippen molar-refractivity contribution in [3.63, 3.8) is 0 Å². The zero-order valence-electron chi connectivity index (χ0n) is 11.3. The number of benzene rings is 2. The molecule has 0 heterocycles. The zero-order valence-corrected chi connectivity index (χ0v) is 13.6. The van der Waals surface area contributed by atoms with Gasteiger partial charge in [0.05, 0.1) is 5.02 Å². The number of aryl methyl sites for hydroxylation is 2. The number of nitrogens with one attached hydrogen (secondary N) is 1. The summed E-state index contributed by atoms with van der Waals surface area (Å²) in [6, 6.07) is 12.7. The normalized spacial score (nSPS) is 12.3. The molecule has 0 bridgehead atoms. The monoisotopic (exact) mass is 337 g/mol. The standard InChI is InChI=1S/C16H17BrClN/c1-10-4-5-11(2)14(8-10)12(3)19-13-6-7-16(18)15(17)9-13/h4-9,12,19H,1-3H3.